The Hall–Kier alpha value is -1.16. The normalized spacial score (nSPS) is 25.7. The fourth-order valence-electron chi connectivity index (χ4n) is 3.19. The van der Waals surface area contributed by atoms with Gasteiger partial charge in [0.2, 0.25) is 0 Å². The van der Waals surface area contributed by atoms with Crippen molar-refractivity contribution in [1.82, 2.24) is 4.90 Å². The number of hydrogen-bond donors (Lipinski definition) is 0. The highest BCUT2D eigenvalue weighted by Gasteiger charge is 2.31. The van der Waals surface area contributed by atoms with Gasteiger partial charge < -0.3 is 9.47 Å². The van der Waals surface area contributed by atoms with Gasteiger partial charge in [0.1, 0.15) is 0 Å². The number of likely N-dealkylation sites (N-methyl/N-ethyl adjacent to an activating group) is 1. The molecule has 3 nitrogen and oxygen atoms in total. The standard InChI is InChI=1S/C18H25NO2/c1-19-17-10-16(11-18(19)14-21-13-17)8-5-9-20-12-15-6-3-2-4-7-15/h2-4,6-7,10,17-18H,5,8-9,11-14H2,1H3. The van der Waals surface area contributed by atoms with Crippen molar-refractivity contribution in [1.29, 1.82) is 0 Å². The maximum Gasteiger partial charge on any atom is 0.0716 e. The number of rotatable bonds is 6. The Morgan fingerprint density at radius 1 is 1.24 bits per heavy atom. The van der Waals surface area contributed by atoms with Crippen molar-refractivity contribution in [3.8, 4) is 0 Å². The predicted octanol–water partition coefficient (Wildman–Crippen LogP) is 3.01. The number of hydrogen-bond acceptors (Lipinski definition) is 3. The Morgan fingerprint density at radius 2 is 2.10 bits per heavy atom. The zero-order chi connectivity index (χ0) is 14.5. The van der Waals surface area contributed by atoms with Gasteiger partial charge in [0.25, 0.3) is 0 Å². The third-order valence-corrected chi connectivity index (χ3v) is 4.52. The molecule has 2 atom stereocenters. The van der Waals surface area contributed by atoms with Gasteiger partial charge in [0, 0.05) is 12.6 Å². The molecule has 0 spiro atoms. The average molecular weight is 287 g/mol. The van der Waals surface area contributed by atoms with Crippen LogP contribution in [0.5, 0.6) is 0 Å². The second-order valence-corrected chi connectivity index (χ2v) is 6.09. The number of benzene rings is 1. The van der Waals surface area contributed by atoms with Crippen molar-refractivity contribution < 1.29 is 9.47 Å². The summed E-state index contributed by atoms with van der Waals surface area (Å²) in [6.45, 7) is 3.30. The fourth-order valence-corrected chi connectivity index (χ4v) is 3.19. The summed E-state index contributed by atoms with van der Waals surface area (Å²) >= 11 is 0. The number of fused-ring (bicyclic) bond motifs is 2. The molecule has 1 aromatic rings. The van der Waals surface area contributed by atoms with Crippen LogP contribution < -0.4 is 0 Å². The first-order valence-electron chi connectivity index (χ1n) is 7.94. The van der Waals surface area contributed by atoms with E-state index in [1.165, 1.54) is 5.56 Å². The molecule has 2 heterocycles. The van der Waals surface area contributed by atoms with Gasteiger partial charge in [0.15, 0.2) is 0 Å². The van der Waals surface area contributed by atoms with Crippen LogP contribution in [-0.4, -0.2) is 43.9 Å². The van der Waals surface area contributed by atoms with E-state index in [0.717, 1.165) is 45.7 Å². The molecule has 0 N–H and O–H groups in total. The van der Waals surface area contributed by atoms with Crippen molar-refractivity contribution in [3.05, 3.63) is 47.5 Å². The van der Waals surface area contributed by atoms with Gasteiger partial charge in [-0.25, -0.2) is 0 Å². The molecule has 0 aliphatic carbocycles. The minimum absolute atomic E-state index is 0.484. The van der Waals surface area contributed by atoms with E-state index in [4.69, 9.17) is 9.47 Å². The van der Waals surface area contributed by atoms with Crippen LogP contribution in [0.1, 0.15) is 24.8 Å². The largest absolute Gasteiger partial charge is 0.378 e. The molecular weight excluding hydrogens is 262 g/mol. The van der Waals surface area contributed by atoms with E-state index in [1.807, 2.05) is 6.07 Å². The molecule has 0 radical (unpaired) electrons. The molecule has 0 amide bonds. The zero-order valence-corrected chi connectivity index (χ0v) is 12.8. The average Bonchev–Trinajstić information content (AvgIpc) is 2.49. The summed E-state index contributed by atoms with van der Waals surface area (Å²) < 4.78 is 11.4. The lowest BCUT2D eigenvalue weighted by Crippen LogP contribution is -2.51. The summed E-state index contributed by atoms with van der Waals surface area (Å²) in [5.41, 5.74) is 2.84. The van der Waals surface area contributed by atoms with Crippen LogP contribution in [-0.2, 0) is 16.1 Å². The lowest BCUT2D eigenvalue weighted by Gasteiger charge is -2.42. The number of ether oxygens (including phenoxy) is 2. The van der Waals surface area contributed by atoms with Crippen LogP contribution in [0.3, 0.4) is 0 Å². The third kappa shape index (κ3) is 3.94. The Kier molecular flexibility index (Phi) is 5.07. The summed E-state index contributed by atoms with van der Waals surface area (Å²) in [6, 6.07) is 11.4. The minimum atomic E-state index is 0.484. The van der Waals surface area contributed by atoms with Crippen molar-refractivity contribution in [2.45, 2.75) is 38.0 Å². The zero-order valence-electron chi connectivity index (χ0n) is 12.8. The summed E-state index contributed by atoms with van der Waals surface area (Å²) in [5, 5.41) is 0. The Labute approximate surface area is 127 Å². The van der Waals surface area contributed by atoms with Crippen molar-refractivity contribution in [2.75, 3.05) is 26.9 Å². The van der Waals surface area contributed by atoms with Crippen LogP contribution in [0.2, 0.25) is 0 Å². The molecule has 114 valence electrons. The second-order valence-electron chi connectivity index (χ2n) is 6.09. The Morgan fingerprint density at radius 3 is 2.90 bits per heavy atom. The Balaban J connectivity index is 1.38. The van der Waals surface area contributed by atoms with Crippen molar-refractivity contribution in [3.63, 3.8) is 0 Å². The molecule has 1 fully saturated rings. The quantitative estimate of drug-likeness (QED) is 0.593. The second kappa shape index (κ2) is 7.21. The summed E-state index contributed by atoms with van der Waals surface area (Å²) in [6.07, 6.45) is 5.84. The van der Waals surface area contributed by atoms with Gasteiger partial charge in [-0.3, -0.25) is 4.90 Å². The van der Waals surface area contributed by atoms with Crippen LogP contribution in [0, 0.1) is 0 Å². The van der Waals surface area contributed by atoms with E-state index in [-0.39, 0.29) is 0 Å². The summed E-state index contributed by atoms with van der Waals surface area (Å²) in [4.78, 5) is 2.46. The van der Waals surface area contributed by atoms with Gasteiger partial charge in [-0.05, 0) is 31.9 Å². The predicted molar refractivity (Wildman–Crippen MR) is 84.2 cm³/mol. The first kappa shape index (κ1) is 14.8. The molecule has 1 saturated heterocycles. The van der Waals surface area contributed by atoms with Crippen LogP contribution in [0.4, 0.5) is 0 Å². The van der Waals surface area contributed by atoms with Gasteiger partial charge in [0.05, 0.1) is 25.9 Å². The van der Waals surface area contributed by atoms with E-state index >= 15 is 0 Å². The van der Waals surface area contributed by atoms with Gasteiger partial charge >= 0.3 is 0 Å². The molecule has 2 bridgehead atoms. The molecule has 21 heavy (non-hydrogen) atoms. The van der Waals surface area contributed by atoms with Crippen LogP contribution in [0.15, 0.2) is 42.0 Å². The number of morpholine rings is 1. The molecule has 2 unspecified atom stereocenters. The van der Waals surface area contributed by atoms with E-state index in [2.05, 4.69) is 42.3 Å². The smallest absolute Gasteiger partial charge is 0.0716 e. The maximum absolute atomic E-state index is 5.76. The summed E-state index contributed by atoms with van der Waals surface area (Å²) in [5.74, 6) is 0. The van der Waals surface area contributed by atoms with Crippen molar-refractivity contribution in [2.24, 2.45) is 0 Å². The van der Waals surface area contributed by atoms with E-state index in [0.29, 0.717) is 12.1 Å². The molecule has 0 saturated carbocycles. The fraction of sp³-hybridized carbons (Fsp3) is 0.556. The molecule has 3 heteroatoms. The molecule has 1 aromatic carbocycles. The van der Waals surface area contributed by atoms with Gasteiger partial charge in [-0.2, -0.15) is 0 Å². The van der Waals surface area contributed by atoms with E-state index in [1.54, 1.807) is 5.57 Å². The number of nitrogens with zero attached hydrogens (tertiary/aromatic N) is 1. The van der Waals surface area contributed by atoms with Crippen LogP contribution >= 0.6 is 0 Å². The van der Waals surface area contributed by atoms with E-state index < -0.39 is 0 Å². The highest BCUT2D eigenvalue weighted by Crippen LogP contribution is 2.27. The molecule has 2 aliphatic rings. The maximum atomic E-state index is 5.76. The van der Waals surface area contributed by atoms with Crippen LogP contribution in [0.25, 0.3) is 0 Å². The Bertz CT molecular complexity index is 471. The van der Waals surface area contributed by atoms with Crippen molar-refractivity contribution >= 4 is 0 Å². The topological polar surface area (TPSA) is 21.7 Å². The van der Waals surface area contributed by atoms with Gasteiger partial charge in [-0.15, -0.1) is 0 Å². The first-order valence-corrected chi connectivity index (χ1v) is 7.94. The molecular formula is C18H25NO2. The lowest BCUT2D eigenvalue weighted by atomic mass is 9.92. The monoisotopic (exact) mass is 287 g/mol. The third-order valence-electron chi connectivity index (χ3n) is 4.52. The summed E-state index contributed by atoms with van der Waals surface area (Å²) in [7, 11) is 2.22. The highest BCUT2D eigenvalue weighted by atomic mass is 16.5. The highest BCUT2D eigenvalue weighted by molar-refractivity contribution is 5.15. The van der Waals surface area contributed by atoms with E-state index in [9.17, 15) is 0 Å². The lowest BCUT2D eigenvalue weighted by molar-refractivity contribution is -0.0263. The molecule has 2 aliphatic heterocycles. The van der Waals surface area contributed by atoms with Gasteiger partial charge in [-0.1, -0.05) is 42.0 Å². The minimum Gasteiger partial charge on any atom is -0.378 e. The first-order chi connectivity index (χ1) is 10.3. The molecule has 0 aromatic heterocycles. The SMILES string of the molecule is CN1C2C=C(CCCOCc3ccccc3)CC1COC2. The molecule has 3 rings (SSSR count).